The Kier molecular flexibility index (Phi) is 8.37. The van der Waals surface area contributed by atoms with Crippen LogP contribution in [0.25, 0.3) is 0 Å². The lowest BCUT2D eigenvalue weighted by Gasteiger charge is -2.42. The maximum absolute atomic E-state index is 12.1. The van der Waals surface area contributed by atoms with Gasteiger partial charge in [-0.2, -0.15) is 0 Å². The largest absolute Gasteiger partial charge is 0.509 e. The van der Waals surface area contributed by atoms with Gasteiger partial charge in [0.05, 0.1) is 0 Å². The molecule has 10 nitrogen and oxygen atoms in total. The van der Waals surface area contributed by atoms with Crippen LogP contribution >= 0.6 is 0 Å². The number of benzene rings is 1. The van der Waals surface area contributed by atoms with Crippen LogP contribution in [-0.2, 0) is 44.6 Å². The zero-order chi connectivity index (χ0) is 21.4. The first-order chi connectivity index (χ1) is 13.8. The zero-order valence-corrected chi connectivity index (χ0v) is 16.3. The van der Waals surface area contributed by atoms with Crippen molar-refractivity contribution in [3.63, 3.8) is 0 Å². The van der Waals surface area contributed by atoms with Crippen molar-refractivity contribution in [1.29, 1.82) is 0 Å². The van der Waals surface area contributed by atoms with Gasteiger partial charge in [0, 0.05) is 21.0 Å². The molecule has 1 aliphatic rings. The Morgan fingerprint density at radius 1 is 1.00 bits per heavy atom. The Bertz CT molecular complexity index is 691. The van der Waals surface area contributed by atoms with E-state index in [9.17, 15) is 19.5 Å². The fourth-order valence-electron chi connectivity index (χ4n) is 2.74. The van der Waals surface area contributed by atoms with Crippen molar-refractivity contribution in [1.82, 2.24) is 0 Å². The van der Waals surface area contributed by atoms with E-state index < -0.39 is 48.8 Å². The lowest BCUT2D eigenvalue weighted by atomic mass is 9.98. The average Bonchev–Trinajstić information content (AvgIpc) is 2.69. The van der Waals surface area contributed by atoms with Crippen LogP contribution in [0.5, 0.6) is 0 Å². The Morgan fingerprint density at radius 2 is 1.69 bits per heavy atom. The second-order valence-electron chi connectivity index (χ2n) is 6.25. The Balaban J connectivity index is 2.05. The zero-order valence-electron chi connectivity index (χ0n) is 16.3. The van der Waals surface area contributed by atoms with Crippen molar-refractivity contribution in [2.45, 2.75) is 51.2 Å². The molecule has 1 N–H and O–H groups in total. The number of methoxy groups -OCH3 is 1. The third-order valence-corrected chi connectivity index (χ3v) is 4.03. The van der Waals surface area contributed by atoms with Gasteiger partial charge in [0.15, 0.2) is 18.5 Å². The summed E-state index contributed by atoms with van der Waals surface area (Å²) in [4.78, 5) is 34.6. The molecule has 10 heteroatoms. The predicted octanol–water partition coefficient (Wildman–Crippen LogP) is 0.935. The molecule has 160 valence electrons. The Labute approximate surface area is 167 Å². The van der Waals surface area contributed by atoms with Gasteiger partial charge in [-0.1, -0.05) is 30.3 Å². The normalized spacial score (nSPS) is 26.3. The van der Waals surface area contributed by atoms with Crippen LogP contribution < -0.4 is 0 Å². The van der Waals surface area contributed by atoms with Gasteiger partial charge < -0.3 is 33.5 Å². The molecule has 1 heterocycles. The highest BCUT2D eigenvalue weighted by Gasteiger charge is 2.50. The van der Waals surface area contributed by atoms with Gasteiger partial charge in [-0.25, -0.2) is 4.79 Å². The first-order valence-corrected chi connectivity index (χ1v) is 8.86. The summed E-state index contributed by atoms with van der Waals surface area (Å²) in [6, 6.07) is 8.93. The highest BCUT2D eigenvalue weighted by Crippen LogP contribution is 2.27. The highest BCUT2D eigenvalue weighted by molar-refractivity contribution is 5.66. The Hall–Kier alpha value is -2.69. The number of esters is 2. The van der Waals surface area contributed by atoms with E-state index in [0.717, 1.165) is 12.5 Å². The van der Waals surface area contributed by atoms with Gasteiger partial charge >= 0.3 is 18.1 Å². The summed E-state index contributed by atoms with van der Waals surface area (Å²) >= 11 is 0. The fraction of sp³-hybridized carbons (Fsp3) is 0.526. The number of carbonyl (C=O) groups is 3. The van der Waals surface area contributed by atoms with E-state index in [1.165, 1.54) is 14.0 Å². The minimum atomic E-state index is -1.51. The molecule has 0 aliphatic carbocycles. The smallest absolute Gasteiger partial charge is 0.463 e. The minimum Gasteiger partial charge on any atom is -0.463 e. The molecule has 1 aliphatic heterocycles. The standard InChI is InChI=1S/C19H24O10/c1-11(20)25-10-14-16(27-12(2)21)15(22)17(18(24-3)28-14)29-19(23)26-9-13-7-5-4-6-8-13/h4-8,14-18,22H,9-10H2,1-3H3/t14-,15+,16-,17-,18+/m1/s1. The lowest BCUT2D eigenvalue weighted by molar-refractivity contribution is -0.298. The van der Waals surface area contributed by atoms with Crippen LogP contribution in [0.2, 0.25) is 0 Å². The van der Waals surface area contributed by atoms with E-state index >= 15 is 0 Å². The molecule has 0 amide bonds. The first-order valence-electron chi connectivity index (χ1n) is 8.86. The molecule has 1 saturated heterocycles. The van der Waals surface area contributed by atoms with Crippen molar-refractivity contribution >= 4 is 18.1 Å². The van der Waals surface area contributed by atoms with Gasteiger partial charge in [-0.3, -0.25) is 9.59 Å². The van der Waals surface area contributed by atoms with Gasteiger partial charge in [-0.05, 0) is 5.56 Å². The molecule has 0 unspecified atom stereocenters. The van der Waals surface area contributed by atoms with Crippen molar-refractivity contribution in [3.05, 3.63) is 35.9 Å². The minimum absolute atomic E-state index is 0.0382. The number of aliphatic hydroxyl groups is 1. The van der Waals surface area contributed by atoms with Crippen molar-refractivity contribution < 1.29 is 47.9 Å². The van der Waals surface area contributed by atoms with Crippen LogP contribution in [-0.4, -0.2) is 67.6 Å². The van der Waals surface area contributed by atoms with E-state index in [1.54, 1.807) is 24.3 Å². The second-order valence-corrected chi connectivity index (χ2v) is 6.25. The van der Waals surface area contributed by atoms with Gasteiger partial charge in [0.2, 0.25) is 0 Å². The highest BCUT2D eigenvalue weighted by atomic mass is 16.8. The third kappa shape index (κ3) is 6.70. The molecule has 5 atom stereocenters. The topological polar surface area (TPSA) is 127 Å². The predicted molar refractivity (Wildman–Crippen MR) is 95.4 cm³/mol. The molecule has 0 aromatic heterocycles. The number of hydrogen-bond donors (Lipinski definition) is 1. The summed E-state index contributed by atoms with van der Waals surface area (Å²) in [6.45, 7) is 2.00. The molecule has 1 fully saturated rings. The number of hydrogen-bond acceptors (Lipinski definition) is 10. The van der Waals surface area contributed by atoms with Crippen molar-refractivity contribution in [2.75, 3.05) is 13.7 Å². The second kappa shape index (κ2) is 10.7. The maximum Gasteiger partial charge on any atom is 0.509 e. The monoisotopic (exact) mass is 412 g/mol. The molecule has 0 spiro atoms. The Morgan fingerprint density at radius 3 is 2.28 bits per heavy atom. The number of aliphatic hydroxyl groups excluding tert-OH is 1. The molecule has 0 saturated carbocycles. The van der Waals surface area contributed by atoms with Gasteiger partial charge in [0.25, 0.3) is 0 Å². The number of ether oxygens (including phenoxy) is 6. The summed E-state index contributed by atoms with van der Waals surface area (Å²) in [5.41, 5.74) is 0.743. The van der Waals surface area contributed by atoms with Gasteiger partial charge in [-0.15, -0.1) is 0 Å². The van der Waals surface area contributed by atoms with Crippen LogP contribution in [0, 0.1) is 0 Å². The molecule has 0 bridgehead atoms. The first kappa shape index (κ1) is 22.6. The summed E-state index contributed by atoms with van der Waals surface area (Å²) < 4.78 is 30.9. The van der Waals surface area contributed by atoms with Crippen LogP contribution in [0.1, 0.15) is 19.4 Å². The summed E-state index contributed by atoms with van der Waals surface area (Å²) in [6.07, 6.45) is -7.41. The maximum atomic E-state index is 12.1. The fourth-order valence-corrected chi connectivity index (χ4v) is 2.74. The molecule has 2 rings (SSSR count). The molecule has 29 heavy (non-hydrogen) atoms. The molecule has 1 aromatic rings. The average molecular weight is 412 g/mol. The van der Waals surface area contributed by atoms with Crippen molar-refractivity contribution in [2.24, 2.45) is 0 Å². The van der Waals surface area contributed by atoms with E-state index in [0.29, 0.717) is 0 Å². The van der Waals surface area contributed by atoms with Crippen LogP contribution in [0.3, 0.4) is 0 Å². The van der Waals surface area contributed by atoms with E-state index in [2.05, 4.69) is 0 Å². The van der Waals surface area contributed by atoms with Crippen LogP contribution in [0.15, 0.2) is 30.3 Å². The van der Waals surface area contributed by atoms with E-state index in [1.807, 2.05) is 6.07 Å². The lowest BCUT2D eigenvalue weighted by Crippen LogP contribution is -2.61. The molecular formula is C19H24O10. The molecular weight excluding hydrogens is 388 g/mol. The third-order valence-electron chi connectivity index (χ3n) is 4.03. The summed E-state index contributed by atoms with van der Waals surface area (Å²) in [5.74, 6) is -1.28. The van der Waals surface area contributed by atoms with Gasteiger partial charge in [0.1, 0.15) is 25.4 Å². The van der Waals surface area contributed by atoms with E-state index in [-0.39, 0.29) is 13.2 Å². The van der Waals surface area contributed by atoms with Crippen molar-refractivity contribution in [3.8, 4) is 0 Å². The SMILES string of the molecule is CO[C@H]1O[C@H](COC(C)=O)[C@@H](OC(C)=O)[C@H](O)[C@H]1OC(=O)OCc1ccccc1. The molecule has 0 radical (unpaired) electrons. The number of rotatable bonds is 7. The summed E-state index contributed by atoms with van der Waals surface area (Å²) in [5, 5.41) is 10.6. The van der Waals surface area contributed by atoms with E-state index in [4.69, 9.17) is 28.4 Å². The van der Waals surface area contributed by atoms with Crippen LogP contribution in [0.4, 0.5) is 4.79 Å². The number of carbonyl (C=O) groups excluding carboxylic acids is 3. The quantitative estimate of drug-likeness (QED) is 0.510. The summed E-state index contributed by atoms with van der Waals surface area (Å²) in [7, 11) is 1.28. The molecule has 1 aromatic carbocycles.